The predicted octanol–water partition coefficient (Wildman–Crippen LogP) is 13.9. The minimum atomic E-state index is 0.573. The Balaban J connectivity index is 1.05. The monoisotopic (exact) mass is 746 g/mol. The first kappa shape index (κ1) is 31.9. The molecule has 0 saturated heterocycles. The van der Waals surface area contributed by atoms with Gasteiger partial charge in [-0.2, -0.15) is 0 Å². The van der Waals surface area contributed by atoms with E-state index in [4.69, 9.17) is 19.4 Å². The van der Waals surface area contributed by atoms with Gasteiger partial charge in [-0.25, -0.2) is 15.0 Å². The molecule has 4 aromatic heterocycles. The minimum Gasteiger partial charge on any atom is -0.455 e. The summed E-state index contributed by atoms with van der Waals surface area (Å²) in [5.74, 6) is 1.81. The van der Waals surface area contributed by atoms with Crippen molar-refractivity contribution in [1.82, 2.24) is 19.5 Å². The van der Waals surface area contributed by atoms with Gasteiger partial charge in [-0.3, -0.25) is 0 Å². The van der Waals surface area contributed by atoms with Gasteiger partial charge in [-0.15, -0.1) is 11.3 Å². The minimum absolute atomic E-state index is 0.573. The molecular formula is C51H30N4OS. The van der Waals surface area contributed by atoms with Crippen LogP contribution in [0.4, 0.5) is 0 Å². The van der Waals surface area contributed by atoms with Crippen LogP contribution in [0.5, 0.6) is 0 Å². The lowest BCUT2D eigenvalue weighted by Crippen LogP contribution is -2.00. The molecular weight excluding hydrogens is 717 g/mol. The molecule has 8 aromatic carbocycles. The molecule has 0 saturated carbocycles. The first-order valence-electron chi connectivity index (χ1n) is 19.0. The Morgan fingerprint density at radius 2 is 1.04 bits per heavy atom. The summed E-state index contributed by atoms with van der Waals surface area (Å²) in [6, 6.07) is 63.9. The van der Waals surface area contributed by atoms with Crippen molar-refractivity contribution in [3.8, 4) is 51.0 Å². The van der Waals surface area contributed by atoms with Crippen molar-refractivity contribution < 1.29 is 4.42 Å². The molecule has 0 atom stereocenters. The Morgan fingerprint density at radius 1 is 0.404 bits per heavy atom. The summed E-state index contributed by atoms with van der Waals surface area (Å²) in [5.41, 5.74) is 10.2. The summed E-state index contributed by atoms with van der Waals surface area (Å²) in [5, 5.41) is 6.89. The van der Waals surface area contributed by atoms with Gasteiger partial charge in [0.15, 0.2) is 17.5 Å². The van der Waals surface area contributed by atoms with Gasteiger partial charge in [0.05, 0.1) is 16.6 Å². The van der Waals surface area contributed by atoms with Crippen molar-refractivity contribution in [1.29, 1.82) is 0 Å². The summed E-state index contributed by atoms with van der Waals surface area (Å²) in [6.07, 6.45) is 0. The second kappa shape index (κ2) is 12.6. The molecule has 12 rings (SSSR count). The molecule has 6 heteroatoms. The maximum atomic E-state index is 6.47. The van der Waals surface area contributed by atoms with Crippen molar-refractivity contribution in [2.75, 3.05) is 0 Å². The van der Waals surface area contributed by atoms with E-state index >= 15 is 0 Å². The summed E-state index contributed by atoms with van der Waals surface area (Å²) in [7, 11) is 0. The average molecular weight is 747 g/mol. The van der Waals surface area contributed by atoms with Gasteiger partial charge in [-0.1, -0.05) is 121 Å². The number of hydrogen-bond donors (Lipinski definition) is 0. The SMILES string of the molecule is c1ccc(-c2nc(-c3cccc4c3oc3ccccc34)nc(-c3cccc4sc5ccc(-c6ccc7c(c6)c6ccccc6n7-c6ccccc6)cc5c34)n2)cc1. The highest BCUT2D eigenvalue weighted by Crippen LogP contribution is 2.43. The van der Waals surface area contributed by atoms with Crippen LogP contribution in [0.25, 0.3) is 115 Å². The van der Waals surface area contributed by atoms with E-state index in [1.54, 1.807) is 11.3 Å². The fraction of sp³-hybridized carbons (Fsp3) is 0. The number of fused-ring (bicyclic) bond motifs is 9. The second-order valence-corrected chi connectivity index (χ2v) is 15.4. The van der Waals surface area contributed by atoms with Crippen LogP contribution >= 0.6 is 11.3 Å². The molecule has 0 fully saturated rings. The molecule has 0 aliphatic rings. The molecule has 0 N–H and O–H groups in total. The van der Waals surface area contributed by atoms with Gasteiger partial charge in [0.25, 0.3) is 0 Å². The zero-order chi connectivity index (χ0) is 37.5. The van der Waals surface area contributed by atoms with Crippen molar-refractivity contribution in [3.05, 3.63) is 182 Å². The van der Waals surface area contributed by atoms with Crippen LogP contribution in [-0.2, 0) is 0 Å². The molecule has 0 aliphatic carbocycles. The average Bonchev–Trinajstić information content (AvgIpc) is 3.96. The van der Waals surface area contributed by atoms with Crippen LogP contribution in [0.2, 0.25) is 0 Å². The fourth-order valence-electron chi connectivity index (χ4n) is 8.46. The molecule has 0 amide bonds. The van der Waals surface area contributed by atoms with Crippen molar-refractivity contribution >= 4 is 75.3 Å². The summed E-state index contributed by atoms with van der Waals surface area (Å²) >= 11 is 1.80. The number of nitrogens with zero attached hydrogens (tertiary/aromatic N) is 4. The maximum Gasteiger partial charge on any atom is 0.167 e. The smallest absolute Gasteiger partial charge is 0.167 e. The largest absolute Gasteiger partial charge is 0.455 e. The standard InChI is InChI=1S/C51H30N4OS/c1-3-13-31(14-4-1)49-52-50(54-51(53-49)39-21-11-19-37-36-18-8-10-23-44(36)56-48(37)39)38-20-12-24-46-47(38)41-30-33(26-28-45(41)57-46)32-25-27-43-40(29-32)35-17-7-9-22-42(35)55(43)34-15-5-2-6-16-34/h1-30H. The molecule has 4 heterocycles. The number of furan rings is 1. The highest BCUT2D eigenvalue weighted by Gasteiger charge is 2.20. The zero-order valence-electron chi connectivity index (χ0n) is 30.4. The van der Waals surface area contributed by atoms with E-state index in [0.29, 0.717) is 17.5 Å². The molecule has 5 nitrogen and oxygen atoms in total. The first-order valence-corrected chi connectivity index (χ1v) is 19.8. The Labute approximate surface area is 330 Å². The van der Waals surface area contributed by atoms with Gasteiger partial charge in [0, 0.05) is 58.5 Å². The van der Waals surface area contributed by atoms with Crippen molar-refractivity contribution in [2.24, 2.45) is 0 Å². The third-order valence-electron chi connectivity index (χ3n) is 11.1. The van der Waals surface area contributed by atoms with E-state index in [1.807, 2.05) is 54.6 Å². The molecule has 12 aromatic rings. The van der Waals surface area contributed by atoms with E-state index in [0.717, 1.165) is 55.3 Å². The van der Waals surface area contributed by atoms with Crippen molar-refractivity contribution in [2.45, 2.75) is 0 Å². The summed E-state index contributed by atoms with van der Waals surface area (Å²) in [6.45, 7) is 0. The van der Waals surface area contributed by atoms with Crippen LogP contribution in [-0.4, -0.2) is 19.5 Å². The Morgan fingerprint density at radius 3 is 1.89 bits per heavy atom. The van der Waals surface area contributed by atoms with Gasteiger partial charge >= 0.3 is 0 Å². The lowest BCUT2D eigenvalue weighted by molar-refractivity contribution is 0.669. The quantitative estimate of drug-likeness (QED) is 0.176. The van der Waals surface area contributed by atoms with E-state index in [-0.39, 0.29) is 0 Å². The third-order valence-corrected chi connectivity index (χ3v) is 12.2. The van der Waals surface area contributed by atoms with Crippen LogP contribution in [0.3, 0.4) is 0 Å². The normalized spacial score (nSPS) is 11.9. The highest BCUT2D eigenvalue weighted by atomic mass is 32.1. The van der Waals surface area contributed by atoms with E-state index < -0.39 is 0 Å². The van der Waals surface area contributed by atoms with Gasteiger partial charge in [-0.05, 0) is 71.8 Å². The van der Waals surface area contributed by atoms with Gasteiger partial charge in [0.2, 0.25) is 0 Å². The van der Waals surface area contributed by atoms with Crippen LogP contribution in [0.15, 0.2) is 186 Å². The lowest BCUT2D eigenvalue weighted by atomic mass is 9.99. The molecule has 57 heavy (non-hydrogen) atoms. The van der Waals surface area contributed by atoms with E-state index in [9.17, 15) is 0 Å². The van der Waals surface area contributed by atoms with Crippen molar-refractivity contribution in [3.63, 3.8) is 0 Å². The fourth-order valence-corrected chi connectivity index (χ4v) is 9.57. The number of benzene rings is 8. The molecule has 266 valence electrons. The Bertz CT molecular complexity index is 3530. The highest BCUT2D eigenvalue weighted by molar-refractivity contribution is 7.26. The number of hydrogen-bond acceptors (Lipinski definition) is 5. The Kier molecular flexibility index (Phi) is 7.03. The zero-order valence-corrected chi connectivity index (χ0v) is 31.2. The number of thiophene rings is 1. The molecule has 0 unspecified atom stereocenters. The third kappa shape index (κ3) is 5.04. The number of para-hydroxylation sites is 4. The van der Waals surface area contributed by atoms with Crippen LogP contribution in [0.1, 0.15) is 0 Å². The second-order valence-electron chi connectivity index (χ2n) is 14.4. The molecule has 0 aliphatic heterocycles. The topological polar surface area (TPSA) is 56.7 Å². The maximum absolute atomic E-state index is 6.47. The summed E-state index contributed by atoms with van der Waals surface area (Å²) < 4.78 is 11.2. The Hall–Kier alpha value is -7.41. The number of aromatic nitrogens is 4. The van der Waals surface area contributed by atoms with E-state index in [1.165, 1.54) is 42.2 Å². The molecule has 0 spiro atoms. The lowest BCUT2D eigenvalue weighted by Gasteiger charge is -2.10. The molecule has 0 bridgehead atoms. The van der Waals surface area contributed by atoms with Crippen LogP contribution in [0, 0.1) is 0 Å². The molecule has 0 radical (unpaired) electrons. The number of rotatable bonds is 5. The first-order chi connectivity index (χ1) is 28.2. The predicted molar refractivity (Wildman–Crippen MR) is 236 cm³/mol. The van der Waals surface area contributed by atoms with E-state index in [2.05, 4.69) is 132 Å². The van der Waals surface area contributed by atoms with Crippen LogP contribution < -0.4 is 0 Å². The van der Waals surface area contributed by atoms with Gasteiger partial charge < -0.3 is 8.98 Å². The summed E-state index contributed by atoms with van der Waals surface area (Å²) in [4.78, 5) is 15.5. The van der Waals surface area contributed by atoms with Gasteiger partial charge in [0.1, 0.15) is 11.2 Å².